The molecule has 2 rings (SSSR count). The molecule has 72 valence electrons. The normalized spacial score (nSPS) is 29.1. The summed E-state index contributed by atoms with van der Waals surface area (Å²) in [7, 11) is 0. The predicted octanol–water partition coefficient (Wildman–Crippen LogP) is 3.10. The van der Waals surface area contributed by atoms with E-state index in [1.807, 2.05) is 23.5 Å². The van der Waals surface area contributed by atoms with E-state index in [0.29, 0.717) is 15.0 Å². The summed E-state index contributed by atoms with van der Waals surface area (Å²) in [4.78, 5) is 4.22. The van der Waals surface area contributed by atoms with E-state index in [1.165, 1.54) is 23.0 Å². The molecule has 13 heavy (non-hydrogen) atoms. The van der Waals surface area contributed by atoms with Crippen LogP contribution in [0.25, 0.3) is 0 Å². The number of hydrogen-bond acceptors (Lipinski definition) is 5. The van der Waals surface area contributed by atoms with Crippen molar-refractivity contribution in [3.8, 4) is 0 Å². The van der Waals surface area contributed by atoms with Crippen molar-refractivity contribution in [2.75, 3.05) is 11.5 Å². The molecule has 0 spiro atoms. The average molecular weight is 253 g/mol. The van der Waals surface area contributed by atoms with Gasteiger partial charge in [0.05, 0.1) is 5.25 Å². The van der Waals surface area contributed by atoms with Gasteiger partial charge in [-0.15, -0.1) is 11.8 Å². The van der Waals surface area contributed by atoms with Crippen LogP contribution in [0.15, 0.2) is 0 Å². The van der Waals surface area contributed by atoms with Crippen molar-refractivity contribution in [1.82, 2.24) is 9.36 Å². The lowest BCUT2D eigenvalue weighted by Gasteiger charge is -2.25. The lowest BCUT2D eigenvalue weighted by Crippen LogP contribution is -2.16. The summed E-state index contributed by atoms with van der Waals surface area (Å²) in [6, 6.07) is 0. The molecule has 2 atom stereocenters. The maximum absolute atomic E-state index is 5.76. The van der Waals surface area contributed by atoms with Crippen LogP contribution in [0, 0.1) is 0 Å². The molecule has 2 unspecified atom stereocenters. The lowest BCUT2D eigenvalue weighted by atomic mass is 10.3. The van der Waals surface area contributed by atoms with E-state index in [-0.39, 0.29) is 0 Å². The van der Waals surface area contributed by atoms with Gasteiger partial charge in [-0.3, -0.25) is 0 Å². The summed E-state index contributed by atoms with van der Waals surface area (Å²) in [5, 5.41) is 1.03. The largest absolute Gasteiger partial charge is 0.207 e. The van der Waals surface area contributed by atoms with Crippen LogP contribution in [-0.2, 0) is 0 Å². The number of thioether (sulfide) groups is 2. The van der Waals surface area contributed by atoms with Crippen LogP contribution in [-0.4, -0.2) is 26.1 Å². The van der Waals surface area contributed by atoms with Crippen molar-refractivity contribution < 1.29 is 0 Å². The topological polar surface area (TPSA) is 25.8 Å². The first-order valence-electron chi connectivity index (χ1n) is 3.99. The molecule has 2 heterocycles. The van der Waals surface area contributed by atoms with Gasteiger partial charge in [-0.1, -0.05) is 6.92 Å². The van der Waals surface area contributed by atoms with E-state index in [1.54, 1.807) is 0 Å². The molecule has 0 bridgehead atoms. The minimum Gasteiger partial charge on any atom is -0.207 e. The SMILES string of the molecule is CC1SCCSC1c1nsc(Cl)n1. The minimum atomic E-state index is 0.433. The third-order valence-electron chi connectivity index (χ3n) is 1.86. The Balaban J connectivity index is 2.14. The third kappa shape index (κ3) is 2.32. The van der Waals surface area contributed by atoms with Crippen LogP contribution in [0.3, 0.4) is 0 Å². The molecule has 0 radical (unpaired) electrons. The number of halogens is 1. The van der Waals surface area contributed by atoms with Crippen molar-refractivity contribution in [2.45, 2.75) is 17.4 Å². The van der Waals surface area contributed by atoms with E-state index >= 15 is 0 Å². The fourth-order valence-electron chi connectivity index (χ4n) is 1.25. The maximum Gasteiger partial charge on any atom is 0.203 e. The van der Waals surface area contributed by atoms with Crippen LogP contribution in [0.1, 0.15) is 18.0 Å². The second-order valence-corrected chi connectivity index (χ2v) is 6.84. The van der Waals surface area contributed by atoms with E-state index in [0.717, 1.165) is 5.82 Å². The first-order valence-corrected chi connectivity index (χ1v) is 7.24. The molecule has 0 N–H and O–H groups in total. The molecule has 0 saturated carbocycles. The number of aromatic nitrogens is 2. The molecule has 1 aliphatic heterocycles. The van der Waals surface area contributed by atoms with Crippen LogP contribution in [0.5, 0.6) is 0 Å². The Morgan fingerprint density at radius 3 is 2.77 bits per heavy atom. The monoisotopic (exact) mass is 252 g/mol. The van der Waals surface area contributed by atoms with Gasteiger partial charge in [-0.2, -0.15) is 16.1 Å². The molecule has 1 aliphatic rings. The highest BCUT2D eigenvalue weighted by atomic mass is 35.5. The van der Waals surface area contributed by atoms with Crippen molar-refractivity contribution in [3.05, 3.63) is 10.3 Å². The smallest absolute Gasteiger partial charge is 0.203 e. The minimum absolute atomic E-state index is 0.433. The van der Waals surface area contributed by atoms with Crippen LogP contribution >= 0.6 is 46.7 Å². The average Bonchev–Trinajstić information content (AvgIpc) is 2.53. The molecule has 0 aromatic carbocycles. The highest BCUT2D eigenvalue weighted by Crippen LogP contribution is 2.41. The zero-order valence-electron chi connectivity index (χ0n) is 7.07. The number of nitrogens with zero attached hydrogens (tertiary/aromatic N) is 2. The Labute approximate surface area is 95.0 Å². The van der Waals surface area contributed by atoms with Gasteiger partial charge in [0.15, 0.2) is 5.82 Å². The summed E-state index contributed by atoms with van der Waals surface area (Å²) < 4.78 is 4.81. The highest BCUT2D eigenvalue weighted by Gasteiger charge is 2.27. The summed E-state index contributed by atoms with van der Waals surface area (Å²) in [6.45, 7) is 2.23. The Bertz CT molecular complexity index is 291. The van der Waals surface area contributed by atoms with Crippen molar-refractivity contribution >= 4 is 46.7 Å². The quantitative estimate of drug-likeness (QED) is 0.767. The molecular weight excluding hydrogens is 244 g/mol. The summed E-state index contributed by atoms with van der Waals surface area (Å²) in [5.41, 5.74) is 0. The highest BCUT2D eigenvalue weighted by molar-refractivity contribution is 8.06. The van der Waals surface area contributed by atoms with Gasteiger partial charge in [0.25, 0.3) is 0 Å². The van der Waals surface area contributed by atoms with E-state index in [2.05, 4.69) is 16.3 Å². The second kappa shape index (κ2) is 4.38. The van der Waals surface area contributed by atoms with Gasteiger partial charge in [-0.05, 0) is 23.1 Å². The van der Waals surface area contributed by atoms with E-state index in [4.69, 9.17) is 11.6 Å². The fraction of sp³-hybridized carbons (Fsp3) is 0.714. The molecule has 1 aromatic heterocycles. The number of rotatable bonds is 1. The predicted molar refractivity (Wildman–Crippen MR) is 62.0 cm³/mol. The molecule has 0 aliphatic carbocycles. The van der Waals surface area contributed by atoms with Crippen LogP contribution in [0.2, 0.25) is 4.47 Å². The van der Waals surface area contributed by atoms with Gasteiger partial charge in [-0.25, -0.2) is 4.98 Å². The van der Waals surface area contributed by atoms with E-state index in [9.17, 15) is 0 Å². The molecule has 6 heteroatoms. The van der Waals surface area contributed by atoms with Gasteiger partial charge < -0.3 is 0 Å². The number of hydrogen-bond donors (Lipinski definition) is 0. The van der Waals surface area contributed by atoms with Gasteiger partial charge >= 0.3 is 0 Å². The molecular formula is C7H9ClN2S3. The third-order valence-corrected chi connectivity index (χ3v) is 5.76. The molecule has 2 nitrogen and oxygen atoms in total. The van der Waals surface area contributed by atoms with E-state index < -0.39 is 0 Å². The molecule has 0 amide bonds. The Hall–Kier alpha value is 0.550. The maximum atomic E-state index is 5.76. The van der Waals surface area contributed by atoms with Crippen LogP contribution < -0.4 is 0 Å². The van der Waals surface area contributed by atoms with Gasteiger partial charge in [0.1, 0.15) is 0 Å². The zero-order valence-corrected chi connectivity index (χ0v) is 10.3. The Morgan fingerprint density at radius 1 is 1.38 bits per heavy atom. The zero-order chi connectivity index (χ0) is 9.26. The first kappa shape index (κ1) is 10.1. The molecule has 1 aromatic rings. The Kier molecular flexibility index (Phi) is 3.40. The fourth-order valence-corrected chi connectivity index (χ4v) is 4.65. The Morgan fingerprint density at radius 2 is 2.15 bits per heavy atom. The van der Waals surface area contributed by atoms with Crippen molar-refractivity contribution in [1.29, 1.82) is 0 Å². The summed E-state index contributed by atoms with van der Waals surface area (Å²) in [5.74, 6) is 3.34. The molecule has 1 fully saturated rings. The summed E-state index contributed by atoms with van der Waals surface area (Å²) >= 11 is 11.0. The van der Waals surface area contributed by atoms with Crippen molar-refractivity contribution in [2.24, 2.45) is 0 Å². The molecule has 1 saturated heterocycles. The standard InChI is InChI=1S/C7H9ClN2S3/c1-4-5(12-3-2-11-4)6-9-7(8)13-10-6/h4-5H,2-3H2,1H3. The second-order valence-electron chi connectivity index (χ2n) is 2.77. The van der Waals surface area contributed by atoms with Gasteiger partial charge in [0, 0.05) is 16.8 Å². The van der Waals surface area contributed by atoms with Crippen molar-refractivity contribution in [3.63, 3.8) is 0 Å². The lowest BCUT2D eigenvalue weighted by molar-refractivity contribution is 0.849. The van der Waals surface area contributed by atoms with Crippen LogP contribution in [0.4, 0.5) is 0 Å². The van der Waals surface area contributed by atoms with Gasteiger partial charge in [0.2, 0.25) is 4.47 Å². The summed E-state index contributed by atoms with van der Waals surface area (Å²) in [6.07, 6.45) is 0. The first-order chi connectivity index (χ1) is 6.27.